The van der Waals surface area contributed by atoms with Gasteiger partial charge >= 0.3 is 0 Å². The first-order valence-electron chi connectivity index (χ1n) is 5.81. The van der Waals surface area contributed by atoms with Crippen molar-refractivity contribution in [2.45, 2.75) is 36.8 Å². The Morgan fingerprint density at radius 3 is 2.82 bits per heavy atom. The Bertz CT molecular complexity index is 402. The Hall–Kier alpha value is -1.00. The van der Waals surface area contributed by atoms with E-state index in [0.717, 1.165) is 4.90 Å². The maximum absolute atomic E-state index is 11.6. The zero-order valence-corrected chi connectivity index (χ0v) is 10.7. The number of carbonyl (C=O) groups excluding carboxylic acids is 1. The highest BCUT2D eigenvalue weighted by molar-refractivity contribution is 8.00. The van der Waals surface area contributed by atoms with E-state index in [9.17, 15) is 4.79 Å². The molecule has 2 N–H and O–H groups in total. The summed E-state index contributed by atoms with van der Waals surface area (Å²) in [6.45, 7) is 2.04. The summed E-state index contributed by atoms with van der Waals surface area (Å²) in [5.41, 5.74) is 1.20. The van der Waals surface area contributed by atoms with Gasteiger partial charge in [-0.2, -0.15) is 0 Å². The lowest BCUT2D eigenvalue weighted by Crippen LogP contribution is -2.47. The van der Waals surface area contributed by atoms with Gasteiger partial charge in [0.05, 0.1) is 11.9 Å². The molecule has 92 valence electrons. The van der Waals surface area contributed by atoms with Crippen LogP contribution in [-0.4, -0.2) is 28.9 Å². The van der Waals surface area contributed by atoms with Crippen molar-refractivity contribution in [1.29, 1.82) is 0 Å². The van der Waals surface area contributed by atoms with Crippen LogP contribution in [0.2, 0.25) is 0 Å². The lowest BCUT2D eigenvalue weighted by molar-refractivity contribution is -0.120. The summed E-state index contributed by atoms with van der Waals surface area (Å²) < 4.78 is 0. The fourth-order valence-corrected chi connectivity index (χ4v) is 2.68. The van der Waals surface area contributed by atoms with Gasteiger partial charge < -0.3 is 10.4 Å². The van der Waals surface area contributed by atoms with Crippen molar-refractivity contribution >= 4 is 17.7 Å². The second-order valence-corrected chi connectivity index (χ2v) is 5.46. The molecule has 1 aliphatic carbocycles. The lowest BCUT2D eigenvalue weighted by Gasteiger charge is -2.31. The number of aliphatic hydroxyl groups excluding tert-OH is 1. The van der Waals surface area contributed by atoms with E-state index in [4.69, 9.17) is 5.11 Å². The Kier molecular flexibility index (Phi) is 4.07. The Labute approximate surface area is 106 Å². The summed E-state index contributed by atoms with van der Waals surface area (Å²) in [6.07, 6.45) is 1.17. The van der Waals surface area contributed by atoms with E-state index in [1.54, 1.807) is 11.8 Å². The first kappa shape index (κ1) is 12.5. The quantitative estimate of drug-likeness (QED) is 0.801. The number of hydrogen-bond acceptors (Lipinski definition) is 3. The number of aryl methyl sites for hydroxylation is 1. The van der Waals surface area contributed by atoms with Crippen LogP contribution in [0.1, 0.15) is 18.4 Å². The molecule has 4 heteroatoms. The molecule has 17 heavy (non-hydrogen) atoms. The molecule has 0 aromatic heterocycles. The molecule has 2 rings (SSSR count). The molecule has 0 bridgehead atoms. The number of aliphatic hydroxyl groups is 1. The Balaban J connectivity index is 1.75. The number of rotatable bonds is 4. The van der Waals surface area contributed by atoms with Crippen LogP contribution in [0.3, 0.4) is 0 Å². The Morgan fingerprint density at radius 1 is 1.47 bits per heavy atom. The average Bonchev–Trinajstić information content (AvgIpc) is 2.26. The van der Waals surface area contributed by atoms with Gasteiger partial charge in [-0.15, -0.1) is 11.8 Å². The molecule has 0 unspecified atom stereocenters. The minimum Gasteiger partial charge on any atom is -0.393 e. The predicted octanol–water partition coefficient (Wildman–Crippen LogP) is 1.73. The topological polar surface area (TPSA) is 49.3 Å². The molecule has 0 atom stereocenters. The zero-order chi connectivity index (χ0) is 12.3. The molecule has 1 aromatic carbocycles. The standard InChI is InChI=1S/C13H17NO2S/c1-9-4-2-3-5-12(9)17-8-13(16)14-10-6-11(15)7-10/h2-5,10-11,15H,6-8H2,1H3,(H,14,16). The summed E-state index contributed by atoms with van der Waals surface area (Å²) in [4.78, 5) is 12.8. The van der Waals surface area contributed by atoms with Crippen LogP contribution >= 0.6 is 11.8 Å². The van der Waals surface area contributed by atoms with E-state index in [2.05, 4.69) is 5.32 Å². The maximum atomic E-state index is 11.6. The summed E-state index contributed by atoms with van der Waals surface area (Å²) in [7, 11) is 0. The van der Waals surface area contributed by atoms with Crippen LogP contribution in [0.4, 0.5) is 0 Å². The third-order valence-electron chi connectivity index (χ3n) is 2.93. The molecular weight excluding hydrogens is 234 g/mol. The average molecular weight is 251 g/mol. The highest BCUT2D eigenvalue weighted by Crippen LogP contribution is 2.22. The monoisotopic (exact) mass is 251 g/mol. The van der Waals surface area contributed by atoms with Crippen molar-refractivity contribution in [3.63, 3.8) is 0 Å². The van der Waals surface area contributed by atoms with E-state index in [1.165, 1.54) is 5.56 Å². The van der Waals surface area contributed by atoms with Crippen molar-refractivity contribution in [1.82, 2.24) is 5.32 Å². The van der Waals surface area contributed by atoms with Crippen LogP contribution in [0.5, 0.6) is 0 Å². The third kappa shape index (κ3) is 3.48. The number of amides is 1. The summed E-state index contributed by atoms with van der Waals surface area (Å²) in [6, 6.07) is 8.23. The fraction of sp³-hybridized carbons (Fsp3) is 0.462. The third-order valence-corrected chi connectivity index (χ3v) is 4.11. The highest BCUT2D eigenvalue weighted by atomic mass is 32.2. The molecule has 0 spiro atoms. The first-order chi connectivity index (χ1) is 8.15. The largest absolute Gasteiger partial charge is 0.393 e. The number of carbonyl (C=O) groups is 1. The van der Waals surface area contributed by atoms with E-state index >= 15 is 0 Å². The van der Waals surface area contributed by atoms with Gasteiger partial charge in [-0.1, -0.05) is 18.2 Å². The van der Waals surface area contributed by atoms with Crippen LogP contribution in [-0.2, 0) is 4.79 Å². The van der Waals surface area contributed by atoms with Crippen molar-refractivity contribution in [3.8, 4) is 0 Å². The number of hydrogen-bond donors (Lipinski definition) is 2. The van der Waals surface area contributed by atoms with Gasteiger partial charge in [0, 0.05) is 10.9 Å². The van der Waals surface area contributed by atoms with E-state index in [-0.39, 0.29) is 18.1 Å². The summed E-state index contributed by atoms with van der Waals surface area (Å²) in [5.74, 6) is 0.493. The van der Waals surface area contributed by atoms with Crippen molar-refractivity contribution < 1.29 is 9.90 Å². The van der Waals surface area contributed by atoms with Gasteiger partial charge in [0.25, 0.3) is 0 Å². The van der Waals surface area contributed by atoms with Crippen molar-refractivity contribution in [3.05, 3.63) is 29.8 Å². The second kappa shape index (κ2) is 5.56. The molecule has 1 aromatic rings. The molecular formula is C13H17NO2S. The molecule has 1 saturated carbocycles. The van der Waals surface area contributed by atoms with Gasteiger partial charge in [0.1, 0.15) is 0 Å². The molecule has 0 aliphatic heterocycles. The highest BCUT2D eigenvalue weighted by Gasteiger charge is 2.28. The minimum atomic E-state index is -0.218. The zero-order valence-electron chi connectivity index (χ0n) is 9.85. The number of benzene rings is 1. The van der Waals surface area contributed by atoms with E-state index < -0.39 is 0 Å². The van der Waals surface area contributed by atoms with Gasteiger partial charge in [-0.05, 0) is 31.4 Å². The molecule has 1 fully saturated rings. The first-order valence-corrected chi connectivity index (χ1v) is 6.79. The molecule has 1 aliphatic rings. The van der Waals surface area contributed by atoms with Crippen LogP contribution < -0.4 is 5.32 Å². The summed E-state index contributed by atoms with van der Waals surface area (Å²) >= 11 is 1.56. The van der Waals surface area contributed by atoms with Gasteiger partial charge in [-0.3, -0.25) is 4.79 Å². The Morgan fingerprint density at radius 2 is 2.18 bits per heavy atom. The molecule has 1 amide bonds. The van der Waals surface area contributed by atoms with Gasteiger partial charge in [0.15, 0.2) is 0 Å². The maximum Gasteiger partial charge on any atom is 0.230 e. The van der Waals surface area contributed by atoms with Crippen molar-refractivity contribution in [2.24, 2.45) is 0 Å². The van der Waals surface area contributed by atoms with Crippen molar-refractivity contribution in [2.75, 3.05) is 5.75 Å². The molecule has 0 heterocycles. The molecule has 3 nitrogen and oxygen atoms in total. The van der Waals surface area contributed by atoms with E-state index in [0.29, 0.717) is 18.6 Å². The second-order valence-electron chi connectivity index (χ2n) is 4.44. The SMILES string of the molecule is Cc1ccccc1SCC(=O)NC1CC(O)C1. The molecule has 0 saturated heterocycles. The number of thioether (sulfide) groups is 1. The summed E-state index contributed by atoms with van der Waals surface area (Å²) in [5, 5.41) is 12.0. The van der Waals surface area contributed by atoms with E-state index in [1.807, 2.05) is 31.2 Å². The van der Waals surface area contributed by atoms with Gasteiger partial charge in [0.2, 0.25) is 5.91 Å². The predicted molar refractivity (Wildman–Crippen MR) is 69.1 cm³/mol. The van der Waals surface area contributed by atoms with Crippen LogP contribution in [0, 0.1) is 6.92 Å². The fourth-order valence-electron chi connectivity index (χ4n) is 1.84. The smallest absolute Gasteiger partial charge is 0.230 e. The normalized spacial score (nSPS) is 22.9. The minimum absolute atomic E-state index is 0.0511. The van der Waals surface area contributed by atoms with Crippen LogP contribution in [0.15, 0.2) is 29.2 Å². The lowest BCUT2D eigenvalue weighted by atomic mass is 9.89. The van der Waals surface area contributed by atoms with Crippen LogP contribution in [0.25, 0.3) is 0 Å². The van der Waals surface area contributed by atoms with Gasteiger partial charge in [-0.25, -0.2) is 0 Å². The molecule has 0 radical (unpaired) electrons. The number of nitrogens with one attached hydrogen (secondary N) is 1.